The van der Waals surface area contributed by atoms with Gasteiger partial charge >= 0.3 is 0 Å². The van der Waals surface area contributed by atoms with Gasteiger partial charge in [-0.3, -0.25) is 4.90 Å². The van der Waals surface area contributed by atoms with Crippen LogP contribution >= 0.6 is 0 Å². The molecule has 0 bridgehead atoms. The van der Waals surface area contributed by atoms with Crippen LogP contribution in [0.25, 0.3) is 0 Å². The number of aliphatic hydroxyl groups excluding tert-OH is 1. The molecule has 1 fully saturated rings. The molecule has 3 unspecified atom stereocenters. The summed E-state index contributed by atoms with van der Waals surface area (Å²) >= 11 is 0. The van der Waals surface area contributed by atoms with Crippen molar-refractivity contribution in [3.8, 4) is 0 Å². The SMILES string of the molecule is CCN(CCO)C1CC(C)CCC1CN. The Hall–Kier alpha value is -0.120. The molecule has 3 atom stereocenters. The quantitative estimate of drug-likeness (QED) is 0.719. The van der Waals surface area contributed by atoms with Crippen molar-refractivity contribution in [3.63, 3.8) is 0 Å². The smallest absolute Gasteiger partial charge is 0.0558 e. The lowest BCUT2D eigenvalue weighted by Gasteiger charge is -2.41. The summed E-state index contributed by atoms with van der Waals surface area (Å²) in [6.45, 7) is 7.36. The summed E-state index contributed by atoms with van der Waals surface area (Å²) in [5.74, 6) is 1.44. The van der Waals surface area contributed by atoms with Crippen molar-refractivity contribution < 1.29 is 5.11 Å². The maximum Gasteiger partial charge on any atom is 0.0558 e. The number of hydrogen-bond donors (Lipinski definition) is 2. The highest BCUT2D eigenvalue weighted by Gasteiger charge is 2.31. The van der Waals surface area contributed by atoms with Crippen LogP contribution in [0.3, 0.4) is 0 Å². The zero-order valence-corrected chi connectivity index (χ0v) is 10.2. The first-order chi connectivity index (χ1) is 7.22. The fraction of sp³-hybridized carbons (Fsp3) is 1.00. The average Bonchev–Trinajstić information content (AvgIpc) is 2.26. The third-order valence-corrected chi connectivity index (χ3v) is 3.78. The van der Waals surface area contributed by atoms with Gasteiger partial charge in [-0.2, -0.15) is 0 Å². The molecule has 15 heavy (non-hydrogen) atoms. The normalized spacial score (nSPS) is 32.2. The van der Waals surface area contributed by atoms with E-state index < -0.39 is 0 Å². The summed E-state index contributed by atoms with van der Waals surface area (Å²) in [5, 5.41) is 9.05. The van der Waals surface area contributed by atoms with Crippen LogP contribution in [-0.2, 0) is 0 Å². The minimum Gasteiger partial charge on any atom is -0.395 e. The van der Waals surface area contributed by atoms with Gasteiger partial charge in [0.2, 0.25) is 0 Å². The van der Waals surface area contributed by atoms with Gasteiger partial charge in [-0.1, -0.05) is 20.3 Å². The van der Waals surface area contributed by atoms with E-state index in [1.165, 1.54) is 19.3 Å². The van der Waals surface area contributed by atoms with Gasteiger partial charge in [-0.25, -0.2) is 0 Å². The van der Waals surface area contributed by atoms with Crippen molar-refractivity contribution >= 4 is 0 Å². The second kappa shape index (κ2) is 6.46. The molecule has 0 amide bonds. The average molecular weight is 214 g/mol. The van der Waals surface area contributed by atoms with Crippen LogP contribution in [0.2, 0.25) is 0 Å². The fourth-order valence-corrected chi connectivity index (χ4v) is 2.82. The van der Waals surface area contributed by atoms with Crippen LogP contribution < -0.4 is 5.73 Å². The van der Waals surface area contributed by atoms with Crippen LogP contribution in [-0.4, -0.2) is 42.3 Å². The van der Waals surface area contributed by atoms with E-state index in [4.69, 9.17) is 10.8 Å². The lowest BCUT2D eigenvalue weighted by Crippen LogP contribution is -2.47. The summed E-state index contributed by atoms with van der Waals surface area (Å²) in [4.78, 5) is 2.40. The first-order valence-electron chi connectivity index (χ1n) is 6.27. The zero-order valence-electron chi connectivity index (χ0n) is 10.2. The second-order valence-corrected chi connectivity index (χ2v) is 4.83. The van der Waals surface area contributed by atoms with Gasteiger partial charge < -0.3 is 10.8 Å². The van der Waals surface area contributed by atoms with E-state index in [0.29, 0.717) is 12.0 Å². The molecule has 3 nitrogen and oxygen atoms in total. The van der Waals surface area contributed by atoms with Gasteiger partial charge in [-0.05, 0) is 37.8 Å². The number of nitrogens with zero attached hydrogens (tertiary/aromatic N) is 1. The third kappa shape index (κ3) is 3.44. The summed E-state index contributed by atoms with van der Waals surface area (Å²) in [6, 6.07) is 0.593. The maximum absolute atomic E-state index is 9.05. The van der Waals surface area contributed by atoms with Gasteiger partial charge in [0.25, 0.3) is 0 Å². The van der Waals surface area contributed by atoms with Gasteiger partial charge in [-0.15, -0.1) is 0 Å². The molecule has 90 valence electrons. The van der Waals surface area contributed by atoms with Crippen LogP contribution in [0.4, 0.5) is 0 Å². The summed E-state index contributed by atoms with van der Waals surface area (Å²) < 4.78 is 0. The fourth-order valence-electron chi connectivity index (χ4n) is 2.82. The van der Waals surface area contributed by atoms with E-state index in [1.54, 1.807) is 0 Å². The molecule has 3 N–H and O–H groups in total. The molecule has 1 aliphatic rings. The Kier molecular flexibility index (Phi) is 5.58. The van der Waals surface area contributed by atoms with Crippen LogP contribution in [0.5, 0.6) is 0 Å². The number of nitrogens with two attached hydrogens (primary N) is 1. The van der Waals surface area contributed by atoms with Crippen molar-refractivity contribution in [3.05, 3.63) is 0 Å². The maximum atomic E-state index is 9.05. The van der Waals surface area contributed by atoms with Crippen molar-refractivity contribution in [1.29, 1.82) is 0 Å². The Balaban J connectivity index is 2.59. The molecule has 0 aromatic heterocycles. The van der Waals surface area contributed by atoms with Crippen molar-refractivity contribution in [1.82, 2.24) is 4.90 Å². The minimum absolute atomic E-state index is 0.260. The molecule has 0 radical (unpaired) electrons. The van der Waals surface area contributed by atoms with Crippen LogP contribution in [0, 0.1) is 11.8 Å². The molecular weight excluding hydrogens is 188 g/mol. The highest BCUT2D eigenvalue weighted by molar-refractivity contribution is 4.85. The molecular formula is C12H26N2O. The van der Waals surface area contributed by atoms with E-state index in [-0.39, 0.29) is 6.61 Å². The van der Waals surface area contributed by atoms with Gasteiger partial charge in [0.15, 0.2) is 0 Å². The van der Waals surface area contributed by atoms with Crippen molar-refractivity contribution in [2.24, 2.45) is 17.6 Å². The number of rotatable bonds is 5. The van der Waals surface area contributed by atoms with Gasteiger partial charge in [0.05, 0.1) is 6.61 Å². The lowest BCUT2D eigenvalue weighted by atomic mass is 9.78. The number of likely N-dealkylation sites (N-methyl/N-ethyl adjacent to an activating group) is 1. The predicted molar refractivity (Wildman–Crippen MR) is 63.7 cm³/mol. The van der Waals surface area contributed by atoms with Crippen molar-refractivity contribution in [2.75, 3.05) is 26.2 Å². The molecule has 1 aliphatic carbocycles. The molecule has 1 rings (SSSR count). The topological polar surface area (TPSA) is 49.5 Å². The summed E-state index contributed by atoms with van der Waals surface area (Å²) in [5.41, 5.74) is 5.84. The van der Waals surface area contributed by atoms with Crippen LogP contribution in [0.1, 0.15) is 33.1 Å². The molecule has 0 aromatic carbocycles. The monoisotopic (exact) mass is 214 g/mol. The molecule has 0 aliphatic heterocycles. The second-order valence-electron chi connectivity index (χ2n) is 4.83. The van der Waals surface area contributed by atoms with E-state index in [2.05, 4.69) is 18.7 Å². The zero-order chi connectivity index (χ0) is 11.3. The van der Waals surface area contributed by atoms with Gasteiger partial charge in [0, 0.05) is 12.6 Å². The van der Waals surface area contributed by atoms with Crippen molar-refractivity contribution in [2.45, 2.75) is 39.2 Å². The first kappa shape index (κ1) is 12.9. The Morgan fingerprint density at radius 3 is 2.67 bits per heavy atom. The van der Waals surface area contributed by atoms with E-state index in [0.717, 1.165) is 25.6 Å². The Labute approximate surface area is 93.6 Å². The Bertz CT molecular complexity index is 175. The van der Waals surface area contributed by atoms with E-state index in [9.17, 15) is 0 Å². The highest BCUT2D eigenvalue weighted by atomic mass is 16.3. The Morgan fingerprint density at radius 2 is 2.13 bits per heavy atom. The van der Waals surface area contributed by atoms with E-state index in [1.807, 2.05) is 0 Å². The third-order valence-electron chi connectivity index (χ3n) is 3.78. The molecule has 1 saturated carbocycles. The molecule has 0 heterocycles. The van der Waals surface area contributed by atoms with E-state index >= 15 is 0 Å². The Morgan fingerprint density at radius 1 is 1.40 bits per heavy atom. The summed E-state index contributed by atoms with van der Waals surface area (Å²) in [7, 11) is 0. The first-order valence-corrected chi connectivity index (χ1v) is 6.27. The summed E-state index contributed by atoms with van der Waals surface area (Å²) in [6.07, 6.45) is 3.81. The highest BCUT2D eigenvalue weighted by Crippen LogP contribution is 2.31. The number of hydrogen-bond acceptors (Lipinski definition) is 3. The van der Waals surface area contributed by atoms with Gasteiger partial charge in [0.1, 0.15) is 0 Å². The minimum atomic E-state index is 0.260. The molecule has 0 aromatic rings. The standard InChI is InChI=1S/C12H26N2O/c1-3-14(6-7-15)12-8-10(2)4-5-11(12)9-13/h10-12,15H,3-9,13H2,1-2H3. The predicted octanol–water partition coefficient (Wildman–Crippen LogP) is 1.06. The largest absolute Gasteiger partial charge is 0.395 e. The molecule has 0 saturated heterocycles. The van der Waals surface area contributed by atoms with Crippen LogP contribution in [0.15, 0.2) is 0 Å². The molecule has 0 spiro atoms. The molecule has 3 heteroatoms. The lowest BCUT2D eigenvalue weighted by molar-refractivity contribution is 0.0740. The number of aliphatic hydroxyl groups is 1.